The van der Waals surface area contributed by atoms with Crippen molar-refractivity contribution < 1.29 is 0 Å². The number of hydrogen-bond acceptors (Lipinski definition) is 1. The van der Waals surface area contributed by atoms with E-state index in [4.69, 9.17) is 0 Å². The molecule has 1 nitrogen and oxygen atoms in total. The van der Waals surface area contributed by atoms with Crippen LogP contribution in [0.3, 0.4) is 0 Å². The molecule has 0 heterocycles. The van der Waals surface area contributed by atoms with Gasteiger partial charge in [0.15, 0.2) is 0 Å². The number of hydrogen-bond donors (Lipinski definition) is 1. The first-order valence-electron chi connectivity index (χ1n) is 4.76. The van der Waals surface area contributed by atoms with E-state index < -0.39 is 0 Å². The molecule has 1 N–H and O–H groups in total. The van der Waals surface area contributed by atoms with E-state index in [1.54, 1.807) is 0 Å². The minimum atomic E-state index is 0.628. The van der Waals surface area contributed by atoms with Crippen LogP contribution in [-0.4, -0.2) is 13.6 Å². The van der Waals surface area contributed by atoms with Gasteiger partial charge >= 0.3 is 0 Å². The summed E-state index contributed by atoms with van der Waals surface area (Å²) in [6, 6.07) is 0. The van der Waals surface area contributed by atoms with Gasteiger partial charge in [0.1, 0.15) is 0 Å². The molecule has 1 fully saturated rings. The molecule has 0 saturated heterocycles. The largest absolute Gasteiger partial charge is 0.320 e. The summed E-state index contributed by atoms with van der Waals surface area (Å²) in [5, 5.41) is 3.23. The lowest BCUT2D eigenvalue weighted by Crippen LogP contribution is -2.45. The molecule has 1 heteroatoms. The fraction of sp³-hybridized carbons (Fsp3) is 1.00. The van der Waals surface area contributed by atoms with Crippen LogP contribution in [0, 0.1) is 17.3 Å². The van der Waals surface area contributed by atoms with Crippen molar-refractivity contribution in [3.8, 4) is 0 Å². The summed E-state index contributed by atoms with van der Waals surface area (Å²) in [5.74, 6) is 1.87. The van der Waals surface area contributed by atoms with E-state index in [2.05, 4.69) is 26.1 Å². The summed E-state index contributed by atoms with van der Waals surface area (Å²) < 4.78 is 0. The lowest BCUT2D eigenvalue weighted by molar-refractivity contribution is -0.0209. The average Bonchev–Trinajstić information content (AvgIpc) is 2.01. The van der Waals surface area contributed by atoms with Crippen LogP contribution in [0.5, 0.6) is 0 Å². The minimum Gasteiger partial charge on any atom is -0.320 e. The second-order valence-corrected chi connectivity index (χ2v) is 4.40. The molecule has 2 atom stereocenters. The third-order valence-electron chi connectivity index (χ3n) is 3.87. The molecule has 0 aromatic heterocycles. The Bertz CT molecular complexity index is 123. The van der Waals surface area contributed by atoms with E-state index in [9.17, 15) is 0 Å². The minimum absolute atomic E-state index is 0.628. The highest BCUT2D eigenvalue weighted by molar-refractivity contribution is 4.95. The van der Waals surface area contributed by atoms with E-state index in [0.717, 1.165) is 11.8 Å². The molecule has 0 radical (unpaired) electrons. The Balaban J connectivity index is 2.38. The maximum Gasteiger partial charge on any atom is -0.00465 e. The standard InChI is InChI=1S/C10H21N/c1-8-7-9(2)10(8,3)5-6-11-4/h8-9,11H,5-7H2,1-4H3. The molecule has 1 saturated carbocycles. The van der Waals surface area contributed by atoms with E-state index >= 15 is 0 Å². The molecule has 0 amide bonds. The molecular weight excluding hydrogens is 134 g/mol. The lowest BCUT2D eigenvalue weighted by atomic mass is 9.54. The molecule has 1 aliphatic rings. The van der Waals surface area contributed by atoms with E-state index in [0.29, 0.717) is 5.41 Å². The van der Waals surface area contributed by atoms with Crippen LogP contribution in [-0.2, 0) is 0 Å². The second-order valence-electron chi connectivity index (χ2n) is 4.40. The van der Waals surface area contributed by atoms with Gasteiger partial charge in [-0.3, -0.25) is 0 Å². The van der Waals surface area contributed by atoms with Crippen LogP contribution in [0.1, 0.15) is 33.6 Å². The Kier molecular flexibility index (Phi) is 2.58. The molecule has 66 valence electrons. The Labute approximate surface area is 70.6 Å². The van der Waals surface area contributed by atoms with Crippen LogP contribution in [0.25, 0.3) is 0 Å². The van der Waals surface area contributed by atoms with Crippen molar-refractivity contribution in [2.45, 2.75) is 33.6 Å². The summed E-state index contributed by atoms with van der Waals surface area (Å²) in [5.41, 5.74) is 0.628. The summed E-state index contributed by atoms with van der Waals surface area (Å²) in [6.07, 6.45) is 2.77. The molecule has 0 aromatic carbocycles. The molecule has 1 aliphatic carbocycles. The van der Waals surface area contributed by atoms with Crippen LogP contribution in [0.4, 0.5) is 0 Å². The van der Waals surface area contributed by atoms with Crippen molar-refractivity contribution in [2.75, 3.05) is 13.6 Å². The Morgan fingerprint density at radius 2 is 1.91 bits per heavy atom. The maximum atomic E-state index is 3.23. The summed E-state index contributed by atoms with van der Waals surface area (Å²) in [6.45, 7) is 8.37. The smallest absolute Gasteiger partial charge is 0.00465 e. The van der Waals surface area contributed by atoms with Crippen LogP contribution < -0.4 is 5.32 Å². The Morgan fingerprint density at radius 3 is 2.27 bits per heavy atom. The molecule has 11 heavy (non-hydrogen) atoms. The monoisotopic (exact) mass is 155 g/mol. The molecule has 2 unspecified atom stereocenters. The van der Waals surface area contributed by atoms with E-state index in [1.165, 1.54) is 19.4 Å². The highest BCUT2D eigenvalue weighted by atomic mass is 14.8. The topological polar surface area (TPSA) is 12.0 Å². The van der Waals surface area contributed by atoms with Gasteiger partial charge in [0.2, 0.25) is 0 Å². The van der Waals surface area contributed by atoms with Gasteiger partial charge in [0.05, 0.1) is 0 Å². The molecule has 0 spiro atoms. The molecule has 1 rings (SSSR count). The van der Waals surface area contributed by atoms with E-state index in [1.807, 2.05) is 7.05 Å². The average molecular weight is 155 g/mol. The highest BCUT2D eigenvalue weighted by Crippen LogP contribution is 2.53. The van der Waals surface area contributed by atoms with Gasteiger partial charge in [-0.2, -0.15) is 0 Å². The van der Waals surface area contributed by atoms with Gasteiger partial charge in [-0.05, 0) is 43.7 Å². The fourth-order valence-corrected chi connectivity index (χ4v) is 2.28. The second kappa shape index (κ2) is 3.14. The first-order chi connectivity index (χ1) is 5.11. The number of rotatable bonds is 3. The van der Waals surface area contributed by atoms with Gasteiger partial charge in [0, 0.05) is 0 Å². The highest BCUT2D eigenvalue weighted by Gasteiger charge is 2.45. The zero-order valence-corrected chi connectivity index (χ0v) is 8.28. The van der Waals surface area contributed by atoms with Crippen molar-refractivity contribution in [1.82, 2.24) is 5.32 Å². The van der Waals surface area contributed by atoms with Gasteiger partial charge in [0.25, 0.3) is 0 Å². The normalized spacial score (nSPS) is 43.6. The van der Waals surface area contributed by atoms with Gasteiger partial charge in [-0.15, -0.1) is 0 Å². The lowest BCUT2D eigenvalue weighted by Gasteiger charge is -2.52. The zero-order valence-electron chi connectivity index (χ0n) is 8.28. The van der Waals surface area contributed by atoms with Crippen molar-refractivity contribution >= 4 is 0 Å². The first-order valence-corrected chi connectivity index (χ1v) is 4.76. The molecule has 0 aromatic rings. The Morgan fingerprint density at radius 1 is 1.36 bits per heavy atom. The predicted octanol–water partition coefficient (Wildman–Crippen LogP) is 2.28. The van der Waals surface area contributed by atoms with Crippen molar-refractivity contribution in [1.29, 1.82) is 0 Å². The van der Waals surface area contributed by atoms with Crippen molar-refractivity contribution in [2.24, 2.45) is 17.3 Å². The van der Waals surface area contributed by atoms with Crippen molar-refractivity contribution in [3.05, 3.63) is 0 Å². The third kappa shape index (κ3) is 1.44. The van der Waals surface area contributed by atoms with Gasteiger partial charge < -0.3 is 5.32 Å². The fourth-order valence-electron chi connectivity index (χ4n) is 2.28. The molecule has 0 aliphatic heterocycles. The predicted molar refractivity (Wildman–Crippen MR) is 49.6 cm³/mol. The number of nitrogens with one attached hydrogen (secondary N) is 1. The summed E-state index contributed by atoms with van der Waals surface area (Å²) in [7, 11) is 2.04. The van der Waals surface area contributed by atoms with Crippen LogP contribution in [0.2, 0.25) is 0 Å². The van der Waals surface area contributed by atoms with E-state index in [-0.39, 0.29) is 0 Å². The summed E-state index contributed by atoms with van der Waals surface area (Å²) in [4.78, 5) is 0. The van der Waals surface area contributed by atoms with Crippen LogP contribution in [0.15, 0.2) is 0 Å². The maximum absolute atomic E-state index is 3.23. The van der Waals surface area contributed by atoms with Crippen LogP contribution >= 0.6 is 0 Å². The SMILES string of the molecule is CNCCC1(C)C(C)CC1C. The first kappa shape index (κ1) is 9.05. The molecular formula is C10H21N. The zero-order chi connectivity index (χ0) is 8.48. The van der Waals surface area contributed by atoms with Crippen molar-refractivity contribution in [3.63, 3.8) is 0 Å². The van der Waals surface area contributed by atoms with Gasteiger partial charge in [-0.1, -0.05) is 20.8 Å². The Hall–Kier alpha value is -0.0400. The quantitative estimate of drug-likeness (QED) is 0.659. The van der Waals surface area contributed by atoms with Gasteiger partial charge in [-0.25, -0.2) is 0 Å². The summed E-state index contributed by atoms with van der Waals surface area (Å²) >= 11 is 0. The molecule has 0 bridgehead atoms. The third-order valence-corrected chi connectivity index (χ3v) is 3.87.